The van der Waals surface area contributed by atoms with Gasteiger partial charge in [0.1, 0.15) is 0 Å². The van der Waals surface area contributed by atoms with Gasteiger partial charge >= 0.3 is 0 Å². The summed E-state index contributed by atoms with van der Waals surface area (Å²) in [4.78, 5) is 6.17. The van der Waals surface area contributed by atoms with Gasteiger partial charge < -0.3 is 9.80 Å². The van der Waals surface area contributed by atoms with Gasteiger partial charge in [0, 0.05) is 36.1 Å². The van der Waals surface area contributed by atoms with Crippen LogP contribution < -0.4 is 4.90 Å². The molecular formula is C15H17ClN2S. The van der Waals surface area contributed by atoms with E-state index < -0.39 is 0 Å². The van der Waals surface area contributed by atoms with E-state index >= 15 is 0 Å². The molecule has 0 spiro atoms. The Labute approximate surface area is 123 Å². The van der Waals surface area contributed by atoms with E-state index in [9.17, 15) is 0 Å². The van der Waals surface area contributed by atoms with E-state index in [1.54, 1.807) is 0 Å². The maximum absolute atomic E-state index is 5.93. The Bertz CT molecular complexity index is 542. The van der Waals surface area contributed by atoms with E-state index in [-0.39, 0.29) is 0 Å². The maximum Gasteiger partial charge on any atom is 0.0915 e. The molecule has 4 heteroatoms. The fourth-order valence-electron chi connectivity index (χ4n) is 2.29. The Morgan fingerprint density at radius 2 is 1.63 bits per heavy atom. The first-order chi connectivity index (χ1) is 9.22. The number of nitrogens with zero attached hydrogens (tertiary/aromatic N) is 2. The van der Waals surface area contributed by atoms with E-state index in [1.165, 1.54) is 15.4 Å². The Balaban J connectivity index is 1.77. The second-order valence-electron chi connectivity index (χ2n) is 4.94. The predicted octanol–water partition coefficient (Wildman–Crippen LogP) is 3.82. The van der Waals surface area contributed by atoms with Crippen LogP contribution in [0.2, 0.25) is 5.02 Å². The number of halogens is 1. The molecule has 1 aliphatic heterocycles. The normalized spacial score (nSPS) is 16.8. The summed E-state index contributed by atoms with van der Waals surface area (Å²) < 4.78 is 0. The van der Waals surface area contributed by atoms with Crippen molar-refractivity contribution < 1.29 is 0 Å². The second-order valence-corrected chi connectivity index (χ2v) is 6.43. The summed E-state index contributed by atoms with van der Waals surface area (Å²) >= 11 is 7.79. The molecule has 3 rings (SSSR count). The van der Waals surface area contributed by atoms with E-state index in [0.29, 0.717) is 0 Å². The zero-order chi connectivity index (χ0) is 13.2. The van der Waals surface area contributed by atoms with Crippen LogP contribution in [0.25, 0.3) is 10.4 Å². The minimum absolute atomic E-state index is 0.791. The minimum atomic E-state index is 0.791. The molecule has 0 amide bonds. The zero-order valence-corrected chi connectivity index (χ0v) is 12.5. The first-order valence-electron chi connectivity index (χ1n) is 6.52. The summed E-state index contributed by atoms with van der Waals surface area (Å²) in [5.41, 5.74) is 1.25. The summed E-state index contributed by atoms with van der Waals surface area (Å²) in [6, 6.07) is 12.5. The van der Waals surface area contributed by atoms with Crippen molar-refractivity contribution in [1.82, 2.24) is 4.90 Å². The van der Waals surface area contributed by atoms with Crippen LogP contribution in [0.4, 0.5) is 5.00 Å². The van der Waals surface area contributed by atoms with Gasteiger partial charge in [0.25, 0.3) is 0 Å². The second kappa shape index (κ2) is 5.53. The first kappa shape index (κ1) is 13.0. The van der Waals surface area contributed by atoms with Gasteiger partial charge in [-0.3, -0.25) is 0 Å². The van der Waals surface area contributed by atoms with Gasteiger partial charge in [0.15, 0.2) is 0 Å². The number of hydrogen-bond acceptors (Lipinski definition) is 3. The highest BCUT2D eigenvalue weighted by Gasteiger charge is 2.16. The third-order valence-electron chi connectivity index (χ3n) is 3.54. The zero-order valence-electron chi connectivity index (χ0n) is 11.0. The van der Waals surface area contributed by atoms with Crippen molar-refractivity contribution in [2.45, 2.75) is 0 Å². The molecule has 1 aliphatic rings. The summed E-state index contributed by atoms with van der Waals surface area (Å²) in [7, 11) is 2.19. The van der Waals surface area contributed by atoms with Crippen molar-refractivity contribution in [2.75, 3.05) is 38.1 Å². The number of hydrogen-bond donors (Lipinski definition) is 0. The smallest absolute Gasteiger partial charge is 0.0915 e. The Morgan fingerprint density at radius 3 is 2.32 bits per heavy atom. The quantitative estimate of drug-likeness (QED) is 0.830. The lowest BCUT2D eigenvalue weighted by molar-refractivity contribution is 0.313. The molecule has 1 aromatic heterocycles. The van der Waals surface area contributed by atoms with Crippen molar-refractivity contribution in [3.63, 3.8) is 0 Å². The van der Waals surface area contributed by atoms with Crippen molar-refractivity contribution in [1.29, 1.82) is 0 Å². The number of likely N-dealkylation sites (N-methyl/N-ethyl adjacent to an activating group) is 1. The molecule has 19 heavy (non-hydrogen) atoms. The molecule has 0 saturated carbocycles. The standard InChI is InChI=1S/C15H17ClN2S/c1-17-8-10-18(11-9-17)15-7-6-14(19-15)12-2-4-13(16)5-3-12/h2-7H,8-11H2,1H3. The lowest BCUT2D eigenvalue weighted by Gasteiger charge is -2.32. The number of rotatable bonds is 2. The lowest BCUT2D eigenvalue weighted by Crippen LogP contribution is -2.44. The highest BCUT2D eigenvalue weighted by Crippen LogP contribution is 2.34. The molecule has 1 fully saturated rings. The molecule has 0 aliphatic carbocycles. The van der Waals surface area contributed by atoms with E-state index in [4.69, 9.17) is 11.6 Å². The van der Waals surface area contributed by atoms with Gasteiger partial charge in [0.2, 0.25) is 0 Å². The minimum Gasteiger partial charge on any atom is -0.361 e. The third-order valence-corrected chi connectivity index (χ3v) is 4.98. The maximum atomic E-state index is 5.93. The summed E-state index contributed by atoms with van der Waals surface area (Å²) in [5.74, 6) is 0. The average Bonchev–Trinajstić information content (AvgIpc) is 2.90. The molecule has 0 atom stereocenters. The van der Waals surface area contributed by atoms with Crippen LogP contribution >= 0.6 is 22.9 Å². The molecule has 2 nitrogen and oxygen atoms in total. The molecule has 0 radical (unpaired) electrons. The van der Waals surface area contributed by atoms with Gasteiger partial charge in [0.05, 0.1) is 5.00 Å². The van der Waals surface area contributed by atoms with Crippen LogP contribution in [0.3, 0.4) is 0 Å². The van der Waals surface area contributed by atoms with Gasteiger partial charge in [-0.1, -0.05) is 23.7 Å². The van der Waals surface area contributed by atoms with Gasteiger partial charge in [-0.25, -0.2) is 0 Å². The Hall–Kier alpha value is -1.03. The number of benzene rings is 1. The monoisotopic (exact) mass is 292 g/mol. The topological polar surface area (TPSA) is 6.48 Å². The summed E-state index contributed by atoms with van der Waals surface area (Å²) in [6.07, 6.45) is 0. The van der Waals surface area contributed by atoms with Crippen molar-refractivity contribution in [3.8, 4) is 10.4 Å². The van der Waals surface area contributed by atoms with Gasteiger partial charge in [-0.15, -0.1) is 11.3 Å². The molecule has 2 aromatic rings. The molecule has 1 saturated heterocycles. The molecule has 0 unspecified atom stereocenters. The molecular weight excluding hydrogens is 276 g/mol. The predicted molar refractivity (Wildman–Crippen MR) is 84.5 cm³/mol. The van der Waals surface area contributed by atoms with Crippen molar-refractivity contribution >= 4 is 27.9 Å². The fourth-order valence-corrected chi connectivity index (χ4v) is 3.48. The van der Waals surface area contributed by atoms with Crippen molar-refractivity contribution in [2.24, 2.45) is 0 Å². The molecule has 1 aromatic carbocycles. The van der Waals surface area contributed by atoms with Crippen molar-refractivity contribution in [3.05, 3.63) is 41.4 Å². The Kier molecular flexibility index (Phi) is 3.78. The Morgan fingerprint density at radius 1 is 0.947 bits per heavy atom. The largest absolute Gasteiger partial charge is 0.361 e. The number of thiophene rings is 1. The van der Waals surface area contributed by atoms with Crippen LogP contribution in [-0.2, 0) is 0 Å². The third kappa shape index (κ3) is 2.94. The number of anilines is 1. The van der Waals surface area contributed by atoms with Crippen LogP contribution in [0, 0.1) is 0 Å². The average molecular weight is 293 g/mol. The first-order valence-corrected chi connectivity index (χ1v) is 7.71. The molecule has 2 heterocycles. The molecule has 0 N–H and O–H groups in total. The summed E-state index contributed by atoms with van der Waals surface area (Å²) in [5, 5.41) is 2.16. The molecule has 0 bridgehead atoms. The highest BCUT2D eigenvalue weighted by atomic mass is 35.5. The number of piperazine rings is 1. The van der Waals surface area contributed by atoms with E-state index in [1.807, 2.05) is 23.5 Å². The van der Waals surface area contributed by atoms with Crippen LogP contribution in [0.15, 0.2) is 36.4 Å². The SMILES string of the molecule is CN1CCN(c2ccc(-c3ccc(Cl)cc3)s2)CC1. The van der Waals surface area contributed by atoms with E-state index in [2.05, 4.69) is 41.1 Å². The van der Waals surface area contributed by atoms with Crippen LogP contribution in [0.5, 0.6) is 0 Å². The highest BCUT2D eigenvalue weighted by molar-refractivity contribution is 7.19. The van der Waals surface area contributed by atoms with E-state index in [0.717, 1.165) is 31.2 Å². The van der Waals surface area contributed by atoms with Crippen LogP contribution in [0.1, 0.15) is 0 Å². The fraction of sp³-hybridized carbons (Fsp3) is 0.333. The summed E-state index contributed by atoms with van der Waals surface area (Å²) in [6.45, 7) is 4.54. The lowest BCUT2D eigenvalue weighted by atomic mass is 10.2. The van der Waals surface area contributed by atoms with Crippen LogP contribution in [-0.4, -0.2) is 38.1 Å². The molecule has 100 valence electrons. The van der Waals surface area contributed by atoms with Gasteiger partial charge in [-0.2, -0.15) is 0 Å². The van der Waals surface area contributed by atoms with Gasteiger partial charge in [-0.05, 0) is 36.9 Å².